The van der Waals surface area contributed by atoms with Crippen LogP contribution in [0.4, 0.5) is 15.8 Å². The van der Waals surface area contributed by atoms with Gasteiger partial charge in [0.2, 0.25) is 0 Å². The van der Waals surface area contributed by atoms with Crippen LogP contribution in [-0.2, 0) is 6.54 Å². The number of rotatable bonds is 7. The number of pyridine rings is 1. The second-order valence-corrected chi connectivity index (χ2v) is 9.28. The summed E-state index contributed by atoms with van der Waals surface area (Å²) in [5, 5.41) is 8.39. The summed E-state index contributed by atoms with van der Waals surface area (Å²) in [7, 11) is 0. The highest BCUT2D eigenvalue weighted by Crippen LogP contribution is 2.25. The first-order chi connectivity index (χ1) is 16.5. The summed E-state index contributed by atoms with van der Waals surface area (Å²) in [6.07, 6.45) is 3.46. The largest absolute Gasteiger partial charge is 0.340 e. The Kier molecular flexibility index (Phi) is 8.10. The number of benzene rings is 2. The fourth-order valence-electron chi connectivity index (χ4n) is 3.15. The van der Waals surface area contributed by atoms with Crippen molar-refractivity contribution >= 4 is 62.4 Å². The van der Waals surface area contributed by atoms with Crippen molar-refractivity contribution in [2.45, 2.75) is 19.5 Å². The normalized spacial score (nSPS) is 14.7. The average Bonchev–Trinajstić information content (AvgIpc) is 2.82. The number of hydrogen-bond acceptors (Lipinski definition) is 5. The van der Waals surface area contributed by atoms with Crippen LogP contribution in [0.15, 0.2) is 83.0 Å². The van der Waals surface area contributed by atoms with Gasteiger partial charge in [0.25, 0.3) is 0 Å². The summed E-state index contributed by atoms with van der Waals surface area (Å²) in [6.45, 7) is 3.24. The van der Waals surface area contributed by atoms with E-state index in [2.05, 4.69) is 49.6 Å². The summed E-state index contributed by atoms with van der Waals surface area (Å²) in [5.74, 6) is -0.456. The van der Waals surface area contributed by atoms with Gasteiger partial charge < -0.3 is 15.5 Å². The third-order valence-electron chi connectivity index (χ3n) is 4.95. The Morgan fingerprint density at radius 2 is 1.97 bits per heavy atom. The lowest BCUT2D eigenvalue weighted by molar-refractivity contribution is 0.334. The van der Waals surface area contributed by atoms with E-state index in [1.54, 1.807) is 18.5 Å². The van der Waals surface area contributed by atoms with Gasteiger partial charge >= 0.3 is 0 Å². The Hall–Kier alpha value is -3.01. The first kappa shape index (κ1) is 24.1. The molecule has 0 fully saturated rings. The Balaban J connectivity index is 1.39. The Morgan fingerprint density at radius 1 is 1.18 bits per heavy atom. The minimum Gasteiger partial charge on any atom is -0.340 e. The van der Waals surface area contributed by atoms with Gasteiger partial charge in [-0.3, -0.25) is 9.98 Å². The number of halogens is 2. The Morgan fingerprint density at radius 3 is 2.68 bits per heavy atom. The van der Waals surface area contributed by atoms with E-state index < -0.39 is 5.82 Å². The average molecular weight is 513 g/mol. The number of aromatic nitrogens is 1. The van der Waals surface area contributed by atoms with Crippen molar-refractivity contribution < 1.29 is 4.39 Å². The molecule has 2 N–H and O–H groups in total. The lowest BCUT2D eigenvalue weighted by atomic mass is 10.2. The molecule has 0 saturated carbocycles. The van der Waals surface area contributed by atoms with E-state index in [9.17, 15) is 4.39 Å². The van der Waals surface area contributed by atoms with Gasteiger partial charge in [0, 0.05) is 24.5 Å². The number of nitrogens with zero attached hydrogens (tertiary/aromatic N) is 4. The standard InChI is InChI=1S/C24H22ClFN6S2/c1-16(13-28-22-31-23(34-22)29-18-9-10-21(26)20(25)12-18)32(15-17-6-3-2-4-7-17)24(33)30-19-8-5-11-27-14-19/h2-12,14,16H,13,15H2,1H3,(H,30,33)(H,28,29,31)/t16-/m1/s1. The summed E-state index contributed by atoms with van der Waals surface area (Å²) >= 11 is 13.0. The Labute approximate surface area is 212 Å². The fourth-order valence-corrected chi connectivity index (χ4v) is 4.31. The van der Waals surface area contributed by atoms with Crippen molar-refractivity contribution in [1.82, 2.24) is 9.88 Å². The van der Waals surface area contributed by atoms with Gasteiger partial charge in [0.05, 0.1) is 23.5 Å². The molecule has 2 aromatic carbocycles. The molecule has 10 heteroatoms. The highest BCUT2D eigenvalue weighted by molar-refractivity contribution is 8.29. The number of aliphatic imine (C=N–C) groups is 2. The molecule has 3 aromatic rings. The number of nitrogens with one attached hydrogen (secondary N) is 2. The molecular weight excluding hydrogens is 491 g/mol. The molecule has 1 aliphatic heterocycles. The van der Waals surface area contributed by atoms with E-state index in [4.69, 9.17) is 23.8 Å². The molecule has 1 aromatic heterocycles. The minimum absolute atomic E-state index is 0.0214. The molecular formula is C24H22ClFN6S2. The van der Waals surface area contributed by atoms with Crippen molar-refractivity contribution in [3.8, 4) is 0 Å². The number of amidine groups is 2. The van der Waals surface area contributed by atoms with Crippen LogP contribution < -0.4 is 10.6 Å². The molecule has 0 bridgehead atoms. The highest BCUT2D eigenvalue weighted by Gasteiger charge is 2.21. The van der Waals surface area contributed by atoms with Crippen molar-refractivity contribution in [3.05, 3.63) is 89.5 Å². The zero-order valence-corrected chi connectivity index (χ0v) is 20.7. The lowest BCUT2D eigenvalue weighted by Crippen LogP contribution is -2.42. The lowest BCUT2D eigenvalue weighted by Gasteiger charge is -2.31. The predicted octanol–water partition coefficient (Wildman–Crippen LogP) is 6.03. The maximum atomic E-state index is 13.3. The molecule has 2 heterocycles. The van der Waals surface area contributed by atoms with Gasteiger partial charge in [0.15, 0.2) is 15.4 Å². The van der Waals surface area contributed by atoms with E-state index in [0.29, 0.717) is 34.2 Å². The molecule has 0 spiro atoms. The maximum absolute atomic E-state index is 13.3. The van der Waals surface area contributed by atoms with Crippen LogP contribution in [0, 0.1) is 5.82 Å². The van der Waals surface area contributed by atoms with E-state index in [1.807, 2.05) is 30.3 Å². The van der Waals surface area contributed by atoms with Gasteiger partial charge in [-0.05, 0) is 66.8 Å². The topological polar surface area (TPSA) is 64.9 Å². The van der Waals surface area contributed by atoms with Crippen LogP contribution in [0.5, 0.6) is 0 Å². The van der Waals surface area contributed by atoms with Gasteiger partial charge in [-0.2, -0.15) is 4.99 Å². The fraction of sp³-hybridized carbons (Fsp3) is 0.167. The summed E-state index contributed by atoms with van der Waals surface area (Å²) in [4.78, 5) is 15.3. The van der Waals surface area contributed by atoms with E-state index in [-0.39, 0.29) is 11.1 Å². The summed E-state index contributed by atoms with van der Waals surface area (Å²) in [6, 6.07) is 18.4. The monoisotopic (exact) mass is 512 g/mol. The summed E-state index contributed by atoms with van der Waals surface area (Å²) in [5.41, 5.74) is 2.66. The molecule has 0 radical (unpaired) electrons. The number of hydrogen-bond donors (Lipinski definition) is 2. The quantitative estimate of drug-likeness (QED) is 0.377. The molecule has 1 aliphatic rings. The third-order valence-corrected chi connectivity index (χ3v) is 6.36. The smallest absolute Gasteiger partial charge is 0.193 e. The summed E-state index contributed by atoms with van der Waals surface area (Å²) < 4.78 is 13.3. The molecule has 1 atom stereocenters. The molecule has 174 valence electrons. The zero-order chi connectivity index (χ0) is 23.9. The van der Waals surface area contributed by atoms with Crippen molar-refractivity contribution in [2.75, 3.05) is 17.2 Å². The molecule has 0 amide bonds. The van der Waals surface area contributed by atoms with Crippen molar-refractivity contribution in [3.63, 3.8) is 0 Å². The van der Waals surface area contributed by atoms with Gasteiger partial charge in [-0.15, -0.1) is 0 Å². The first-order valence-electron chi connectivity index (χ1n) is 10.5. The van der Waals surface area contributed by atoms with Crippen molar-refractivity contribution in [1.29, 1.82) is 0 Å². The third kappa shape index (κ3) is 6.53. The predicted molar refractivity (Wildman–Crippen MR) is 144 cm³/mol. The maximum Gasteiger partial charge on any atom is 0.193 e. The van der Waals surface area contributed by atoms with Gasteiger partial charge in [0.1, 0.15) is 5.82 Å². The molecule has 0 unspecified atom stereocenters. The second-order valence-electron chi connectivity index (χ2n) is 7.53. The van der Waals surface area contributed by atoms with Crippen LogP contribution in [0.1, 0.15) is 12.5 Å². The van der Waals surface area contributed by atoms with Gasteiger partial charge in [-0.1, -0.05) is 41.9 Å². The molecule has 0 saturated heterocycles. The van der Waals surface area contributed by atoms with Crippen LogP contribution >= 0.6 is 35.6 Å². The van der Waals surface area contributed by atoms with Crippen LogP contribution in [-0.4, -0.2) is 37.9 Å². The number of thiocarbonyl (C=S) groups is 1. The highest BCUT2D eigenvalue weighted by atomic mass is 35.5. The van der Waals surface area contributed by atoms with Crippen LogP contribution in [0.2, 0.25) is 5.02 Å². The van der Waals surface area contributed by atoms with E-state index in [1.165, 1.54) is 23.9 Å². The zero-order valence-electron chi connectivity index (χ0n) is 18.3. The van der Waals surface area contributed by atoms with E-state index >= 15 is 0 Å². The molecule has 34 heavy (non-hydrogen) atoms. The first-order valence-corrected chi connectivity index (χ1v) is 12.1. The Bertz CT molecular complexity index is 1210. The minimum atomic E-state index is -0.456. The van der Waals surface area contributed by atoms with Gasteiger partial charge in [-0.25, -0.2) is 4.39 Å². The van der Waals surface area contributed by atoms with Crippen LogP contribution in [0.3, 0.4) is 0 Å². The van der Waals surface area contributed by atoms with Crippen LogP contribution in [0.25, 0.3) is 0 Å². The number of anilines is 2. The van der Waals surface area contributed by atoms with E-state index in [0.717, 1.165) is 11.3 Å². The molecule has 6 nitrogen and oxygen atoms in total. The second kappa shape index (κ2) is 11.4. The molecule has 0 aliphatic carbocycles. The SMILES string of the molecule is C[C@H](CN=C1N=C(Nc2ccc(F)c(Cl)c2)S1)N(Cc1ccccc1)C(=S)Nc1cccnc1. The molecule has 4 rings (SSSR count). The number of thioether (sulfide) groups is 1. The van der Waals surface area contributed by atoms with Crippen molar-refractivity contribution in [2.24, 2.45) is 9.98 Å².